The second-order valence-electron chi connectivity index (χ2n) is 11.8. The monoisotopic (exact) mass is 682 g/mol. The normalized spacial score (nSPS) is 20.7. The number of fused-ring (bicyclic) bond motifs is 3. The standard InChI is InChI=1S/C31H32F6N6O5/c1-46-22-4-2-18(3-5-22)15-43-29(45)27(31(35,36)37)24(14-39-43)40-20-11-23(12-20)47-9-6-26(44)41-7-8-42-21(16-41)17-48-25-10-19(30(32,33)34)13-38-28(25)42/h2-5,10,13-14,20-21,23,40H,6-9,11-12,15-17H2,1H3/t20?,21-,23?/m0/s1. The zero-order valence-corrected chi connectivity index (χ0v) is 25.7. The second kappa shape index (κ2) is 13.2. The highest BCUT2D eigenvalue weighted by molar-refractivity contribution is 5.77. The number of ether oxygens (including phenoxy) is 3. The fourth-order valence-corrected chi connectivity index (χ4v) is 6.00. The van der Waals surface area contributed by atoms with Gasteiger partial charge in [0.2, 0.25) is 5.91 Å². The first-order chi connectivity index (χ1) is 22.8. The van der Waals surface area contributed by atoms with Crippen LogP contribution >= 0.6 is 0 Å². The Hall–Kier alpha value is -4.54. The Kier molecular flexibility index (Phi) is 9.15. The smallest absolute Gasteiger partial charge is 0.423 e. The summed E-state index contributed by atoms with van der Waals surface area (Å²) in [7, 11) is 1.49. The van der Waals surface area contributed by atoms with Gasteiger partial charge in [-0.15, -0.1) is 0 Å². The molecule has 0 bridgehead atoms. The maximum absolute atomic E-state index is 14.0. The zero-order chi connectivity index (χ0) is 34.2. The molecule has 6 rings (SSSR count). The van der Waals surface area contributed by atoms with E-state index in [4.69, 9.17) is 14.2 Å². The molecule has 17 heteroatoms. The zero-order valence-electron chi connectivity index (χ0n) is 25.7. The van der Waals surface area contributed by atoms with Gasteiger partial charge in [-0.2, -0.15) is 31.4 Å². The van der Waals surface area contributed by atoms with Crippen molar-refractivity contribution < 1.29 is 45.3 Å². The lowest BCUT2D eigenvalue weighted by atomic mass is 9.89. The molecule has 0 radical (unpaired) electrons. The van der Waals surface area contributed by atoms with Gasteiger partial charge in [0, 0.05) is 31.9 Å². The minimum atomic E-state index is -4.91. The number of methoxy groups -OCH3 is 1. The summed E-state index contributed by atoms with van der Waals surface area (Å²) < 4.78 is 98.3. The fourth-order valence-electron chi connectivity index (χ4n) is 6.00. The molecule has 11 nitrogen and oxygen atoms in total. The summed E-state index contributed by atoms with van der Waals surface area (Å²) in [5, 5.41) is 6.75. The molecule has 3 aliphatic rings. The van der Waals surface area contributed by atoms with E-state index in [0.29, 0.717) is 49.6 Å². The van der Waals surface area contributed by atoms with Crippen molar-refractivity contribution in [1.82, 2.24) is 19.7 Å². The lowest BCUT2D eigenvalue weighted by molar-refractivity contribution is -0.139. The maximum Gasteiger partial charge on any atom is 0.423 e. The number of aromatic nitrogens is 3. The number of anilines is 2. The van der Waals surface area contributed by atoms with E-state index in [9.17, 15) is 35.9 Å². The van der Waals surface area contributed by atoms with Crippen LogP contribution < -0.4 is 25.2 Å². The predicted molar refractivity (Wildman–Crippen MR) is 159 cm³/mol. The number of halogens is 6. The SMILES string of the molecule is COc1ccc(Cn2ncc(NC3CC(OCCC(=O)N4CCN5c6ncc(C(F)(F)F)cc6OC[C@@H]5C4)C3)c(C(F)(F)F)c2=O)cc1. The molecule has 258 valence electrons. The van der Waals surface area contributed by atoms with Crippen LogP contribution in [0.2, 0.25) is 0 Å². The van der Waals surface area contributed by atoms with Crippen LogP contribution in [0.3, 0.4) is 0 Å². The Morgan fingerprint density at radius 3 is 2.50 bits per heavy atom. The third kappa shape index (κ3) is 7.15. The number of hydrogen-bond acceptors (Lipinski definition) is 9. The van der Waals surface area contributed by atoms with E-state index in [-0.39, 0.29) is 56.0 Å². The molecule has 2 fully saturated rings. The summed E-state index contributed by atoms with van der Waals surface area (Å²) in [6.07, 6.45) is -7.11. The van der Waals surface area contributed by atoms with Crippen molar-refractivity contribution in [2.75, 3.05) is 50.2 Å². The van der Waals surface area contributed by atoms with Crippen LogP contribution in [0.15, 0.2) is 47.5 Å². The second-order valence-corrected chi connectivity index (χ2v) is 11.8. The number of pyridine rings is 1. The molecule has 3 aromatic rings. The number of nitrogens with one attached hydrogen (secondary N) is 1. The number of hydrogen-bond donors (Lipinski definition) is 1. The maximum atomic E-state index is 14.0. The molecular formula is C31H32F6N6O5. The quantitative estimate of drug-likeness (QED) is 0.333. The van der Waals surface area contributed by atoms with E-state index in [1.165, 1.54) is 7.11 Å². The van der Waals surface area contributed by atoms with Crippen LogP contribution in [0.5, 0.6) is 11.5 Å². The van der Waals surface area contributed by atoms with Gasteiger partial charge < -0.3 is 29.3 Å². The average Bonchev–Trinajstić information content (AvgIpc) is 3.03. The minimum absolute atomic E-state index is 0.0579. The van der Waals surface area contributed by atoms with Crippen molar-refractivity contribution in [2.45, 2.75) is 56.3 Å². The lowest BCUT2D eigenvalue weighted by Crippen LogP contribution is -2.58. The molecule has 1 aromatic carbocycles. The molecular weight excluding hydrogens is 650 g/mol. The Morgan fingerprint density at radius 1 is 1.06 bits per heavy atom. The number of benzene rings is 1. The third-order valence-corrected chi connectivity index (χ3v) is 8.64. The summed E-state index contributed by atoms with van der Waals surface area (Å²) >= 11 is 0. The molecule has 1 saturated carbocycles. The van der Waals surface area contributed by atoms with E-state index < -0.39 is 34.7 Å². The predicted octanol–water partition coefficient (Wildman–Crippen LogP) is 4.19. The average molecular weight is 683 g/mol. The first-order valence-corrected chi connectivity index (χ1v) is 15.2. The first-order valence-electron chi connectivity index (χ1n) is 15.2. The van der Waals surface area contributed by atoms with Gasteiger partial charge in [-0.05, 0) is 36.6 Å². The van der Waals surface area contributed by atoms with Crippen LogP contribution in [0.4, 0.5) is 37.8 Å². The van der Waals surface area contributed by atoms with E-state index in [0.717, 1.165) is 23.1 Å². The minimum Gasteiger partial charge on any atom is -0.497 e. The summed E-state index contributed by atoms with van der Waals surface area (Å²) in [4.78, 5) is 33.2. The molecule has 0 unspecified atom stereocenters. The van der Waals surface area contributed by atoms with Crippen LogP contribution in [0, 0.1) is 0 Å². The van der Waals surface area contributed by atoms with Crippen molar-refractivity contribution in [2.24, 2.45) is 0 Å². The van der Waals surface area contributed by atoms with Crippen LogP contribution in [0.25, 0.3) is 0 Å². The van der Waals surface area contributed by atoms with E-state index in [2.05, 4.69) is 15.4 Å². The van der Waals surface area contributed by atoms with Gasteiger partial charge in [0.15, 0.2) is 11.6 Å². The van der Waals surface area contributed by atoms with Gasteiger partial charge in [-0.1, -0.05) is 12.1 Å². The van der Waals surface area contributed by atoms with Crippen molar-refractivity contribution >= 4 is 17.4 Å². The molecule has 4 heterocycles. The van der Waals surface area contributed by atoms with Gasteiger partial charge in [-0.3, -0.25) is 9.59 Å². The van der Waals surface area contributed by atoms with E-state index in [1.54, 1.807) is 29.2 Å². The van der Waals surface area contributed by atoms with E-state index >= 15 is 0 Å². The molecule has 48 heavy (non-hydrogen) atoms. The summed E-state index contributed by atoms with van der Waals surface area (Å²) in [5.74, 6) is 0.782. The number of piperazine rings is 1. The van der Waals surface area contributed by atoms with Gasteiger partial charge in [0.25, 0.3) is 5.56 Å². The van der Waals surface area contributed by atoms with Crippen LogP contribution in [-0.4, -0.2) is 83.7 Å². The highest BCUT2D eigenvalue weighted by Crippen LogP contribution is 2.39. The first kappa shape index (κ1) is 33.4. The van der Waals surface area contributed by atoms with Crippen molar-refractivity contribution in [1.29, 1.82) is 0 Å². The molecule has 1 amide bonds. The largest absolute Gasteiger partial charge is 0.497 e. The Morgan fingerprint density at radius 2 is 1.81 bits per heavy atom. The summed E-state index contributed by atoms with van der Waals surface area (Å²) in [6.45, 7) is 1.11. The highest BCUT2D eigenvalue weighted by Gasteiger charge is 2.41. The molecule has 0 spiro atoms. The molecule has 2 aliphatic heterocycles. The Labute approximate surface area is 270 Å². The van der Waals surface area contributed by atoms with Crippen LogP contribution in [-0.2, 0) is 28.4 Å². The van der Waals surface area contributed by atoms with Crippen LogP contribution in [0.1, 0.15) is 36.0 Å². The fraction of sp³-hybridized carbons (Fsp3) is 0.484. The molecule has 1 atom stereocenters. The van der Waals surface area contributed by atoms with Crippen molar-refractivity contribution in [3.8, 4) is 11.5 Å². The third-order valence-electron chi connectivity index (χ3n) is 8.64. The van der Waals surface area contributed by atoms with Gasteiger partial charge in [0.05, 0.1) is 56.3 Å². The number of carbonyl (C=O) groups excluding carboxylic acids is 1. The summed E-state index contributed by atoms with van der Waals surface area (Å²) in [5.41, 5.74) is -3.30. The molecule has 1 saturated heterocycles. The summed E-state index contributed by atoms with van der Waals surface area (Å²) in [6, 6.07) is 6.84. The van der Waals surface area contributed by atoms with Gasteiger partial charge in [0.1, 0.15) is 17.9 Å². The Bertz CT molecular complexity index is 1690. The van der Waals surface area contributed by atoms with Gasteiger partial charge in [-0.25, -0.2) is 9.67 Å². The lowest BCUT2D eigenvalue weighted by Gasteiger charge is -2.44. The van der Waals surface area contributed by atoms with Crippen molar-refractivity contribution in [3.05, 3.63) is 69.8 Å². The topological polar surface area (TPSA) is 111 Å². The van der Waals surface area contributed by atoms with Crippen molar-refractivity contribution in [3.63, 3.8) is 0 Å². The number of nitrogens with zero attached hydrogens (tertiary/aromatic N) is 5. The highest BCUT2D eigenvalue weighted by atomic mass is 19.4. The molecule has 2 aromatic heterocycles. The number of amides is 1. The number of alkyl halides is 6. The molecule has 1 aliphatic carbocycles. The van der Waals surface area contributed by atoms with Gasteiger partial charge >= 0.3 is 12.4 Å². The number of carbonyl (C=O) groups is 1. The molecule has 1 N–H and O–H groups in total. The van der Waals surface area contributed by atoms with E-state index in [1.807, 2.05) is 4.90 Å². The Balaban J connectivity index is 0.967. The number of rotatable bonds is 9.